The summed E-state index contributed by atoms with van der Waals surface area (Å²) in [5.74, 6) is 1.70. The molecule has 2 amide bonds. The molecule has 0 heterocycles. The monoisotopic (exact) mass is 859 g/mol. The Morgan fingerprint density at radius 2 is 0.781 bits per heavy atom. The zero-order chi connectivity index (χ0) is 45.5. The van der Waals surface area contributed by atoms with Crippen LogP contribution in [0.4, 0.5) is 22.7 Å². The topological polar surface area (TPSA) is 106 Å². The van der Waals surface area contributed by atoms with Gasteiger partial charge >= 0.3 is 0 Å². The molecule has 0 aliphatic heterocycles. The van der Waals surface area contributed by atoms with Crippen LogP contribution in [0.25, 0.3) is 0 Å². The van der Waals surface area contributed by atoms with E-state index in [1.165, 1.54) is 33.4 Å². The van der Waals surface area contributed by atoms with Crippen LogP contribution in [-0.4, -0.2) is 52.1 Å². The molecule has 6 N–H and O–H groups in total. The zero-order valence-corrected chi connectivity index (χ0v) is 38.8. The van der Waals surface area contributed by atoms with Gasteiger partial charge in [0, 0.05) is 48.9 Å². The summed E-state index contributed by atoms with van der Waals surface area (Å²) in [6, 6.07) is 51.3. The lowest BCUT2D eigenvalue weighted by Gasteiger charge is -2.16. The quantitative estimate of drug-likeness (QED) is 0.0267. The van der Waals surface area contributed by atoms with Gasteiger partial charge in [0.1, 0.15) is 0 Å². The zero-order valence-electron chi connectivity index (χ0n) is 38.8. The minimum absolute atomic E-state index is 0.376. The molecule has 0 aliphatic rings. The average Bonchev–Trinajstić information content (AvgIpc) is 3.33. The number of aryl methyl sites for hydroxylation is 2. The summed E-state index contributed by atoms with van der Waals surface area (Å²) < 4.78 is 0. The van der Waals surface area contributed by atoms with Gasteiger partial charge in [0.15, 0.2) is 0 Å². The number of nitrogens with one attached hydrogen (secondary N) is 6. The van der Waals surface area contributed by atoms with Gasteiger partial charge in [0.05, 0.1) is 0 Å². The van der Waals surface area contributed by atoms with Crippen molar-refractivity contribution in [3.05, 3.63) is 190 Å². The highest BCUT2D eigenvalue weighted by Gasteiger charge is 2.10. The molecule has 0 radical (unpaired) electrons. The second-order valence-corrected chi connectivity index (χ2v) is 17.2. The van der Waals surface area contributed by atoms with E-state index in [4.69, 9.17) is 0 Å². The van der Waals surface area contributed by atoms with Crippen molar-refractivity contribution in [1.29, 1.82) is 0 Å². The molecule has 6 aromatic carbocycles. The van der Waals surface area contributed by atoms with E-state index in [1.807, 2.05) is 13.8 Å². The number of hydrogen-bond donors (Lipinski definition) is 6. The lowest BCUT2D eigenvalue weighted by molar-refractivity contribution is -0.106. The first-order valence-corrected chi connectivity index (χ1v) is 22.9. The van der Waals surface area contributed by atoms with Gasteiger partial charge in [-0.15, -0.1) is 0 Å². The molecule has 4 atom stereocenters. The third-order valence-corrected chi connectivity index (χ3v) is 12.0. The maximum atomic E-state index is 10.8. The predicted molar refractivity (Wildman–Crippen MR) is 271 cm³/mol. The van der Waals surface area contributed by atoms with Gasteiger partial charge in [-0.3, -0.25) is 9.59 Å². The molecule has 0 aliphatic carbocycles. The summed E-state index contributed by atoms with van der Waals surface area (Å²) in [4.78, 5) is 21.5. The molecule has 2 unspecified atom stereocenters. The Hall–Kier alpha value is -6.22. The fourth-order valence-corrected chi connectivity index (χ4v) is 7.59. The van der Waals surface area contributed by atoms with E-state index in [9.17, 15) is 9.59 Å². The van der Waals surface area contributed by atoms with Crippen molar-refractivity contribution < 1.29 is 9.59 Å². The van der Waals surface area contributed by atoms with Crippen molar-refractivity contribution in [2.24, 2.45) is 0 Å². The molecule has 0 spiro atoms. The van der Waals surface area contributed by atoms with Gasteiger partial charge in [0.25, 0.3) is 0 Å². The number of carbonyl (C=O) groups is 2. The maximum Gasteiger partial charge on any atom is 0.211 e. The Bertz CT molecular complexity index is 2100. The molecule has 0 saturated carbocycles. The summed E-state index contributed by atoms with van der Waals surface area (Å²) in [6.45, 7) is 18.4. The molecule has 8 nitrogen and oxygen atoms in total. The molecule has 0 bridgehead atoms. The van der Waals surface area contributed by atoms with E-state index in [0.717, 1.165) is 98.8 Å². The van der Waals surface area contributed by atoms with E-state index in [1.54, 1.807) is 0 Å². The van der Waals surface area contributed by atoms with Crippen LogP contribution in [0.5, 0.6) is 0 Å². The van der Waals surface area contributed by atoms with E-state index in [2.05, 4.69) is 205 Å². The number of benzene rings is 6. The Kier molecular flexibility index (Phi) is 20.1. The van der Waals surface area contributed by atoms with Crippen molar-refractivity contribution in [3.63, 3.8) is 0 Å². The van der Waals surface area contributed by atoms with Crippen LogP contribution in [-0.2, 0) is 22.4 Å². The molecule has 6 aromatic rings. The van der Waals surface area contributed by atoms with E-state index in [0.29, 0.717) is 23.7 Å². The van der Waals surface area contributed by atoms with Gasteiger partial charge in [-0.1, -0.05) is 137 Å². The number of carbonyl (C=O) groups excluding carboxylic acids is 2. The standard InChI is InChI=1S/2C28H35N3O/c2*1-21-9-12-26(17-28(21)31-20-32)22(2)18-29-16-15-24-10-13-27(14-11-24)30-19-23(3)25-7-5-4-6-8-25/h2*4-14,17,20,22-23,29-30H,15-16,18-19H2,1-3H3,(H,31,32)/t22-,23-;/m0./s1. The summed E-state index contributed by atoms with van der Waals surface area (Å²) in [5, 5.41) is 19.8. The number of hydrogen-bond acceptors (Lipinski definition) is 6. The molecule has 336 valence electrons. The summed E-state index contributed by atoms with van der Waals surface area (Å²) in [5.41, 5.74) is 14.1. The normalized spacial score (nSPS) is 12.7. The minimum atomic E-state index is 0.376. The third kappa shape index (κ3) is 16.2. The van der Waals surface area contributed by atoms with Crippen molar-refractivity contribution in [1.82, 2.24) is 10.6 Å². The molecular weight excluding hydrogens is 789 g/mol. The molecular formula is C56H70N6O2. The van der Waals surface area contributed by atoms with Crippen LogP contribution >= 0.6 is 0 Å². The third-order valence-electron chi connectivity index (χ3n) is 12.0. The first-order chi connectivity index (χ1) is 31.1. The average molecular weight is 859 g/mol. The van der Waals surface area contributed by atoms with Crippen LogP contribution in [0, 0.1) is 13.8 Å². The fourth-order valence-electron chi connectivity index (χ4n) is 7.59. The maximum absolute atomic E-state index is 10.8. The van der Waals surface area contributed by atoms with E-state index >= 15 is 0 Å². The lowest BCUT2D eigenvalue weighted by atomic mass is 9.98. The SMILES string of the molecule is Cc1ccc(C(C)CNCCc2ccc(NCC(C)c3ccccc3)cc2)cc1NC=O.Cc1ccc([C@@H](C)CNCCc2ccc(NC[C@H](C)c3ccccc3)cc2)cc1NC=O. The van der Waals surface area contributed by atoms with Crippen molar-refractivity contribution in [2.75, 3.05) is 60.5 Å². The van der Waals surface area contributed by atoms with Gasteiger partial charge < -0.3 is 31.9 Å². The number of amides is 2. The van der Waals surface area contributed by atoms with Crippen molar-refractivity contribution in [3.8, 4) is 0 Å². The van der Waals surface area contributed by atoms with Gasteiger partial charge in [-0.2, -0.15) is 0 Å². The first-order valence-electron chi connectivity index (χ1n) is 22.9. The first kappa shape index (κ1) is 48.8. The molecule has 0 saturated heterocycles. The smallest absolute Gasteiger partial charge is 0.211 e. The molecule has 6 rings (SSSR count). The summed E-state index contributed by atoms with van der Waals surface area (Å²) in [6.07, 6.45) is 3.47. The molecule has 0 aromatic heterocycles. The second-order valence-electron chi connectivity index (χ2n) is 17.2. The van der Waals surface area contributed by atoms with Crippen LogP contribution < -0.4 is 31.9 Å². The number of rotatable bonds is 24. The Labute approximate surface area is 383 Å². The minimum Gasteiger partial charge on any atom is -0.384 e. The molecule has 64 heavy (non-hydrogen) atoms. The highest BCUT2D eigenvalue weighted by molar-refractivity contribution is 5.74. The summed E-state index contributed by atoms with van der Waals surface area (Å²) in [7, 11) is 0. The highest BCUT2D eigenvalue weighted by Crippen LogP contribution is 2.24. The predicted octanol–water partition coefficient (Wildman–Crippen LogP) is 11.4. The van der Waals surface area contributed by atoms with E-state index in [-0.39, 0.29) is 0 Å². The van der Waals surface area contributed by atoms with Crippen molar-refractivity contribution >= 4 is 35.6 Å². The van der Waals surface area contributed by atoms with Crippen LogP contribution in [0.15, 0.2) is 146 Å². The van der Waals surface area contributed by atoms with Gasteiger partial charge in [0.2, 0.25) is 12.8 Å². The Morgan fingerprint density at radius 1 is 0.422 bits per heavy atom. The van der Waals surface area contributed by atoms with Crippen molar-refractivity contribution in [2.45, 2.75) is 78.1 Å². The van der Waals surface area contributed by atoms with Crippen LogP contribution in [0.3, 0.4) is 0 Å². The van der Waals surface area contributed by atoms with Crippen LogP contribution in [0.2, 0.25) is 0 Å². The largest absolute Gasteiger partial charge is 0.384 e. The van der Waals surface area contributed by atoms with Gasteiger partial charge in [-0.05, 0) is 144 Å². The van der Waals surface area contributed by atoms with Gasteiger partial charge in [-0.25, -0.2) is 0 Å². The molecule has 0 fully saturated rings. The highest BCUT2D eigenvalue weighted by atomic mass is 16.1. The fraction of sp³-hybridized carbons (Fsp3) is 0.321. The number of anilines is 4. The van der Waals surface area contributed by atoms with Crippen LogP contribution in [0.1, 0.15) is 95.9 Å². The Balaban J connectivity index is 0.000000241. The Morgan fingerprint density at radius 3 is 1.14 bits per heavy atom. The van der Waals surface area contributed by atoms with E-state index < -0.39 is 0 Å². The lowest BCUT2D eigenvalue weighted by Crippen LogP contribution is -2.22. The summed E-state index contributed by atoms with van der Waals surface area (Å²) >= 11 is 0. The molecule has 8 heteroatoms. The second kappa shape index (κ2) is 26.4.